The van der Waals surface area contributed by atoms with Gasteiger partial charge >= 0.3 is 0 Å². The van der Waals surface area contributed by atoms with Gasteiger partial charge in [-0.2, -0.15) is 0 Å². The number of aromatic nitrogens is 2. The van der Waals surface area contributed by atoms with Gasteiger partial charge in [0.2, 0.25) is 5.13 Å². The molecule has 2 rings (SSSR count). The SMILES string of the molecule is Cl.Nc1nnc(-c2ccc(Cl)cc2Cl)s1. The minimum atomic E-state index is 0. The van der Waals surface area contributed by atoms with Crippen LogP contribution in [0.2, 0.25) is 10.0 Å². The monoisotopic (exact) mass is 281 g/mol. The summed E-state index contributed by atoms with van der Waals surface area (Å²) in [5.41, 5.74) is 6.27. The normalized spacial score (nSPS) is 9.73. The molecule has 2 aromatic rings. The first kappa shape index (κ1) is 12.5. The summed E-state index contributed by atoms with van der Waals surface area (Å²) in [5, 5.41) is 9.87. The Hall–Kier alpha value is -0.550. The fraction of sp³-hybridized carbons (Fsp3) is 0. The van der Waals surface area contributed by atoms with E-state index in [1.807, 2.05) is 0 Å². The van der Waals surface area contributed by atoms with Crippen LogP contribution in [-0.2, 0) is 0 Å². The van der Waals surface area contributed by atoms with Gasteiger partial charge < -0.3 is 5.73 Å². The fourth-order valence-corrected chi connectivity index (χ4v) is 2.21. The molecule has 0 saturated carbocycles. The number of nitrogens with two attached hydrogens (primary N) is 1. The van der Waals surface area contributed by atoms with Crippen LogP contribution >= 0.6 is 46.9 Å². The maximum absolute atomic E-state index is 5.99. The third kappa shape index (κ3) is 2.72. The van der Waals surface area contributed by atoms with Crippen molar-refractivity contribution in [3.05, 3.63) is 28.2 Å². The van der Waals surface area contributed by atoms with Crippen LogP contribution in [0.3, 0.4) is 0 Å². The molecular formula is C8H6Cl3N3S. The molecule has 1 aromatic carbocycles. The van der Waals surface area contributed by atoms with Gasteiger partial charge in [-0.05, 0) is 18.2 Å². The molecule has 0 aliphatic rings. The van der Waals surface area contributed by atoms with Crippen LogP contribution in [0, 0.1) is 0 Å². The number of anilines is 1. The number of rotatable bonds is 1. The highest BCUT2D eigenvalue weighted by Gasteiger charge is 2.08. The minimum absolute atomic E-state index is 0. The molecule has 7 heteroatoms. The van der Waals surface area contributed by atoms with Gasteiger partial charge in [0.15, 0.2) is 5.01 Å². The molecule has 80 valence electrons. The second kappa shape index (κ2) is 4.99. The topological polar surface area (TPSA) is 51.8 Å². The molecule has 15 heavy (non-hydrogen) atoms. The molecule has 3 nitrogen and oxygen atoms in total. The first-order valence-electron chi connectivity index (χ1n) is 3.71. The molecule has 0 radical (unpaired) electrons. The summed E-state index contributed by atoms with van der Waals surface area (Å²) in [6, 6.07) is 5.21. The summed E-state index contributed by atoms with van der Waals surface area (Å²) >= 11 is 13.0. The molecule has 2 N–H and O–H groups in total. The number of nitrogens with zero attached hydrogens (tertiary/aromatic N) is 2. The zero-order chi connectivity index (χ0) is 10.1. The molecular weight excluding hydrogens is 277 g/mol. The lowest BCUT2D eigenvalue weighted by molar-refractivity contribution is 1.10. The van der Waals surface area contributed by atoms with E-state index in [4.69, 9.17) is 28.9 Å². The lowest BCUT2D eigenvalue weighted by Gasteiger charge is -1.98. The van der Waals surface area contributed by atoms with Crippen molar-refractivity contribution in [1.29, 1.82) is 0 Å². The molecule has 0 aliphatic carbocycles. The summed E-state index contributed by atoms with van der Waals surface area (Å²) in [6.07, 6.45) is 0. The molecule has 1 heterocycles. The van der Waals surface area contributed by atoms with E-state index in [0.29, 0.717) is 20.2 Å². The summed E-state index contributed by atoms with van der Waals surface area (Å²) < 4.78 is 0. The van der Waals surface area contributed by atoms with Crippen molar-refractivity contribution in [1.82, 2.24) is 10.2 Å². The predicted octanol–water partition coefficient (Wildman–Crippen LogP) is 3.52. The number of hydrogen-bond donors (Lipinski definition) is 1. The molecule has 0 spiro atoms. The third-order valence-electron chi connectivity index (χ3n) is 1.60. The lowest BCUT2D eigenvalue weighted by atomic mass is 10.2. The Morgan fingerprint density at radius 3 is 2.47 bits per heavy atom. The first-order valence-corrected chi connectivity index (χ1v) is 5.28. The lowest BCUT2D eigenvalue weighted by Crippen LogP contribution is -1.80. The summed E-state index contributed by atoms with van der Waals surface area (Å²) in [6.45, 7) is 0. The smallest absolute Gasteiger partial charge is 0.203 e. The van der Waals surface area contributed by atoms with Crippen molar-refractivity contribution < 1.29 is 0 Å². The Morgan fingerprint density at radius 1 is 1.20 bits per heavy atom. The molecule has 0 fully saturated rings. The molecule has 0 unspecified atom stereocenters. The Bertz CT molecular complexity index is 472. The van der Waals surface area contributed by atoms with Gasteiger partial charge in [0.25, 0.3) is 0 Å². The highest BCUT2D eigenvalue weighted by Crippen LogP contribution is 2.32. The second-order valence-electron chi connectivity index (χ2n) is 2.57. The van der Waals surface area contributed by atoms with Crippen LogP contribution in [0.1, 0.15) is 0 Å². The minimum Gasteiger partial charge on any atom is -0.374 e. The van der Waals surface area contributed by atoms with Gasteiger partial charge in [-0.15, -0.1) is 22.6 Å². The van der Waals surface area contributed by atoms with Gasteiger partial charge in [0.05, 0.1) is 5.02 Å². The molecule has 0 bridgehead atoms. The van der Waals surface area contributed by atoms with Crippen molar-refractivity contribution in [3.8, 4) is 10.6 Å². The largest absolute Gasteiger partial charge is 0.374 e. The van der Waals surface area contributed by atoms with E-state index in [2.05, 4.69) is 10.2 Å². The van der Waals surface area contributed by atoms with Crippen LogP contribution in [0.4, 0.5) is 5.13 Å². The number of nitrogen functional groups attached to an aromatic ring is 1. The van der Waals surface area contributed by atoms with Gasteiger partial charge in [-0.1, -0.05) is 34.5 Å². The van der Waals surface area contributed by atoms with E-state index < -0.39 is 0 Å². The van der Waals surface area contributed by atoms with Crippen molar-refractivity contribution in [2.24, 2.45) is 0 Å². The molecule has 1 aromatic heterocycles. The van der Waals surface area contributed by atoms with Gasteiger partial charge in [-0.3, -0.25) is 0 Å². The Balaban J connectivity index is 0.00000112. The van der Waals surface area contributed by atoms with Crippen LogP contribution in [-0.4, -0.2) is 10.2 Å². The van der Waals surface area contributed by atoms with Crippen molar-refractivity contribution >= 4 is 52.1 Å². The zero-order valence-electron chi connectivity index (χ0n) is 7.28. The predicted molar refractivity (Wildman–Crippen MR) is 67.0 cm³/mol. The highest BCUT2D eigenvalue weighted by molar-refractivity contribution is 7.18. The average molecular weight is 283 g/mol. The quantitative estimate of drug-likeness (QED) is 0.871. The summed E-state index contributed by atoms with van der Waals surface area (Å²) in [7, 11) is 0. The standard InChI is InChI=1S/C8H5Cl2N3S.ClH/c9-4-1-2-5(6(10)3-4)7-12-13-8(11)14-7;/h1-3H,(H2,11,13);1H. The van der Waals surface area contributed by atoms with E-state index >= 15 is 0 Å². The third-order valence-corrected chi connectivity index (χ3v) is 2.94. The van der Waals surface area contributed by atoms with E-state index in [0.717, 1.165) is 5.56 Å². The van der Waals surface area contributed by atoms with E-state index in [9.17, 15) is 0 Å². The first-order chi connectivity index (χ1) is 6.66. The zero-order valence-corrected chi connectivity index (χ0v) is 10.4. The van der Waals surface area contributed by atoms with E-state index in [1.54, 1.807) is 18.2 Å². The van der Waals surface area contributed by atoms with Gasteiger partial charge in [-0.25, -0.2) is 0 Å². The molecule has 0 aliphatic heterocycles. The van der Waals surface area contributed by atoms with Crippen molar-refractivity contribution in [3.63, 3.8) is 0 Å². The van der Waals surface area contributed by atoms with E-state index in [1.165, 1.54) is 11.3 Å². The maximum atomic E-state index is 5.99. The van der Waals surface area contributed by atoms with Crippen molar-refractivity contribution in [2.45, 2.75) is 0 Å². The Kier molecular flexibility index (Phi) is 4.16. The van der Waals surface area contributed by atoms with Gasteiger partial charge in [0, 0.05) is 10.6 Å². The Labute approximate surface area is 107 Å². The molecule has 0 atom stereocenters. The van der Waals surface area contributed by atoms with E-state index in [-0.39, 0.29) is 12.4 Å². The maximum Gasteiger partial charge on any atom is 0.203 e. The van der Waals surface area contributed by atoms with Crippen LogP contribution < -0.4 is 5.73 Å². The van der Waals surface area contributed by atoms with Crippen LogP contribution in [0.25, 0.3) is 10.6 Å². The van der Waals surface area contributed by atoms with Gasteiger partial charge in [0.1, 0.15) is 0 Å². The summed E-state index contributed by atoms with van der Waals surface area (Å²) in [4.78, 5) is 0. The Morgan fingerprint density at radius 2 is 1.93 bits per heavy atom. The molecule has 0 amide bonds. The fourth-order valence-electron chi connectivity index (χ4n) is 1.01. The summed E-state index contributed by atoms with van der Waals surface area (Å²) in [5.74, 6) is 0. The second-order valence-corrected chi connectivity index (χ2v) is 4.42. The average Bonchev–Trinajstić information content (AvgIpc) is 2.51. The highest BCUT2D eigenvalue weighted by atomic mass is 35.5. The number of benzene rings is 1. The van der Waals surface area contributed by atoms with Crippen LogP contribution in [0.5, 0.6) is 0 Å². The number of hydrogen-bond acceptors (Lipinski definition) is 4. The van der Waals surface area contributed by atoms with Crippen molar-refractivity contribution in [2.75, 3.05) is 5.73 Å². The van der Waals surface area contributed by atoms with Crippen LogP contribution in [0.15, 0.2) is 18.2 Å². The molecule has 0 saturated heterocycles. The number of halogens is 3.